The number of rotatable bonds is 1. The quantitative estimate of drug-likeness (QED) is 0.855. The van der Waals surface area contributed by atoms with E-state index in [4.69, 9.17) is 17.3 Å². The zero-order valence-electron chi connectivity index (χ0n) is 7.99. The summed E-state index contributed by atoms with van der Waals surface area (Å²) >= 11 is 5.65. The summed E-state index contributed by atoms with van der Waals surface area (Å²) in [6.45, 7) is 0. The summed E-state index contributed by atoms with van der Waals surface area (Å²) in [5, 5.41) is 3.16. The molecule has 0 amide bonds. The van der Waals surface area contributed by atoms with E-state index in [0.717, 1.165) is 6.07 Å². The molecule has 0 radical (unpaired) electrons. The first-order valence-electron chi connectivity index (χ1n) is 4.20. The molecule has 2 aromatic rings. The molecule has 0 aliphatic carbocycles. The maximum Gasteiger partial charge on any atom is 0.417 e. The molecule has 0 aliphatic heterocycles. The number of anilines is 1. The Bertz CT molecular complexity index is 554. The molecular weight excluding hydrogens is 261 g/mol. The van der Waals surface area contributed by atoms with Crippen LogP contribution in [0.15, 0.2) is 16.8 Å². The molecule has 0 aromatic carbocycles. The van der Waals surface area contributed by atoms with Gasteiger partial charge in [-0.3, -0.25) is 4.98 Å². The highest BCUT2D eigenvalue weighted by molar-refractivity contribution is 6.32. The Morgan fingerprint density at radius 3 is 2.53 bits per heavy atom. The molecule has 9 heteroatoms. The molecule has 90 valence electrons. The lowest BCUT2D eigenvalue weighted by Crippen LogP contribution is -2.06. The third kappa shape index (κ3) is 2.31. The van der Waals surface area contributed by atoms with Gasteiger partial charge in [0.2, 0.25) is 5.82 Å². The van der Waals surface area contributed by atoms with Crippen molar-refractivity contribution in [3.05, 3.63) is 22.8 Å². The van der Waals surface area contributed by atoms with Gasteiger partial charge in [0.05, 0.1) is 10.6 Å². The molecule has 2 N–H and O–H groups in total. The van der Waals surface area contributed by atoms with Crippen molar-refractivity contribution in [1.29, 1.82) is 0 Å². The second-order valence-corrected chi connectivity index (χ2v) is 3.42. The van der Waals surface area contributed by atoms with Crippen molar-refractivity contribution < 1.29 is 17.7 Å². The first kappa shape index (κ1) is 11.6. The normalized spacial score (nSPS) is 11.8. The Morgan fingerprint density at radius 2 is 2.06 bits per heavy atom. The Hall–Kier alpha value is -1.83. The molecule has 0 atom stereocenters. The van der Waals surface area contributed by atoms with E-state index in [1.807, 2.05) is 0 Å². The van der Waals surface area contributed by atoms with Crippen LogP contribution in [0.5, 0.6) is 0 Å². The predicted molar refractivity (Wildman–Crippen MR) is 52.0 cm³/mol. The van der Waals surface area contributed by atoms with Crippen LogP contribution in [0.3, 0.4) is 0 Å². The SMILES string of the molecule is Nc1nc(-c2ncc(C(F)(F)F)cc2Cl)no1. The highest BCUT2D eigenvalue weighted by atomic mass is 35.5. The smallest absolute Gasteiger partial charge is 0.351 e. The monoisotopic (exact) mass is 264 g/mol. The van der Waals surface area contributed by atoms with Crippen LogP contribution in [0.25, 0.3) is 11.5 Å². The lowest BCUT2D eigenvalue weighted by atomic mass is 10.2. The maximum atomic E-state index is 12.3. The molecule has 2 rings (SSSR count). The Morgan fingerprint density at radius 1 is 1.35 bits per heavy atom. The highest BCUT2D eigenvalue weighted by Crippen LogP contribution is 2.33. The number of alkyl halides is 3. The number of pyridine rings is 1. The fourth-order valence-electron chi connectivity index (χ4n) is 1.09. The number of nitrogen functional groups attached to an aromatic ring is 1. The Labute approximate surface area is 97.4 Å². The van der Waals surface area contributed by atoms with Crippen molar-refractivity contribution in [2.45, 2.75) is 6.18 Å². The van der Waals surface area contributed by atoms with E-state index in [1.165, 1.54) is 0 Å². The molecule has 0 spiro atoms. The van der Waals surface area contributed by atoms with E-state index in [1.54, 1.807) is 0 Å². The van der Waals surface area contributed by atoms with Gasteiger partial charge in [0, 0.05) is 6.20 Å². The third-order valence-electron chi connectivity index (χ3n) is 1.82. The van der Waals surface area contributed by atoms with E-state index < -0.39 is 11.7 Å². The summed E-state index contributed by atoms with van der Waals surface area (Å²) in [5.41, 5.74) is 4.19. The fourth-order valence-corrected chi connectivity index (χ4v) is 1.34. The first-order valence-corrected chi connectivity index (χ1v) is 4.58. The Kier molecular flexibility index (Phi) is 2.66. The van der Waals surface area contributed by atoms with Gasteiger partial charge in [-0.05, 0) is 6.07 Å². The minimum absolute atomic E-state index is 0.0277. The van der Waals surface area contributed by atoms with Crippen molar-refractivity contribution in [3.8, 4) is 11.5 Å². The molecule has 0 unspecified atom stereocenters. The third-order valence-corrected chi connectivity index (χ3v) is 2.11. The van der Waals surface area contributed by atoms with E-state index >= 15 is 0 Å². The van der Waals surface area contributed by atoms with Crippen molar-refractivity contribution in [3.63, 3.8) is 0 Å². The van der Waals surface area contributed by atoms with Crippen LogP contribution < -0.4 is 5.73 Å². The summed E-state index contributed by atoms with van der Waals surface area (Å²) in [5.74, 6) is -0.0683. The predicted octanol–water partition coefficient (Wildman–Crippen LogP) is 2.39. The van der Waals surface area contributed by atoms with Crippen LogP contribution in [-0.4, -0.2) is 15.1 Å². The van der Waals surface area contributed by atoms with Gasteiger partial charge in [-0.1, -0.05) is 16.8 Å². The lowest BCUT2D eigenvalue weighted by Gasteiger charge is -2.07. The van der Waals surface area contributed by atoms with Gasteiger partial charge in [0.15, 0.2) is 0 Å². The molecule has 2 aromatic heterocycles. The fraction of sp³-hybridized carbons (Fsp3) is 0.125. The summed E-state index contributed by atoms with van der Waals surface area (Å²) in [6, 6.07) is 0.508. The largest absolute Gasteiger partial charge is 0.417 e. The van der Waals surface area contributed by atoms with Crippen LogP contribution in [0.4, 0.5) is 19.2 Å². The van der Waals surface area contributed by atoms with Crippen LogP contribution in [0.1, 0.15) is 5.56 Å². The van der Waals surface area contributed by atoms with Gasteiger partial charge in [-0.2, -0.15) is 18.2 Å². The van der Waals surface area contributed by atoms with Gasteiger partial charge in [-0.25, -0.2) is 0 Å². The van der Waals surface area contributed by atoms with Crippen LogP contribution >= 0.6 is 11.6 Å². The van der Waals surface area contributed by atoms with E-state index in [0.29, 0.717) is 6.20 Å². The minimum Gasteiger partial charge on any atom is -0.351 e. The number of nitrogens with two attached hydrogens (primary N) is 1. The molecule has 5 nitrogen and oxygen atoms in total. The van der Waals surface area contributed by atoms with Gasteiger partial charge >= 0.3 is 12.2 Å². The number of hydrogen-bond donors (Lipinski definition) is 1. The molecule has 0 aliphatic rings. The van der Waals surface area contributed by atoms with Gasteiger partial charge in [0.1, 0.15) is 5.69 Å². The number of halogens is 4. The Balaban J connectivity index is 2.45. The molecule has 0 saturated heterocycles. The standard InChI is InChI=1S/C8H4ClF3N4O/c9-4-1-3(8(10,11)12)2-14-5(4)6-15-7(13)17-16-6/h1-2H,(H2,13,15,16). The maximum absolute atomic E-state index is 12.3. The molecule has 0 bridgehead atoms. The van der Waals surface area contributed by atoms with Crippen LogP contribution in [0, 0.1) is 0 Å². The van der Waals surface area contributed by atoms with Gasteiger partial charge in [-0.15, -0.1) is 0 Å². The number of hydrogen-bond acceptors (Lipinski definition) is 5. The molecule has 0 saturated carbocycles. The average Bonchev–Trinajstić information content (AvgIpc) is 2.63. The van der Waals surface area contributed by atoms with Crippen molar-refractivity contribution in [2.24, 2.45) is 0 Å². The molecule has 2 heterocycles. The number of aromatic nitrogens is 3. The zero-order chi connectivity index (χ0) is 12.6. The first-order chi connectivity index (χ1) is 7.88. The second-order valence-electron chi connectivity index (χ2n) is 3.01. The van der Waals surface area contributed by atoms with E-state index in [9.17, 15) is 13.2 Å². The highest BCUT2D eigenvalue weighted by Gasteiger charge is 2.32. The summed E-state index contributed by atoms with van der Waals surface area (Å²) in [4.78, 5) is 7.14. The zero-order valence-corrected chi connectivity index (χ0v) is 8.75. The van der Waals surface area contributed by atoms with E-state index in [2.05, 4.69) is 19.6 Å². The van der Waals surface area contributed by atoms with Gasteiger partial charge in [0.25, 0.3) is 0 Å². The number of nitrogens with zero attached hydrogens (tertiary/aromatic N) is 3. The lowest BCUT2D eigenvalue weighted by molar-refractivity contribution is -0.137. The minimum atomic E-state index is -4.51. The van der Waals surface area contributed by atoms with Crippen LogP contribution in [0.2, 0.25) is 5.02 Å². The van der Waals surface area contributed by atoms with Gasteiger partial charge < -0.3 is 10.3 Å². The van der Waals surface area contributed by atoms with Crippen molar-refractivity contribution in [1.82, 2.24) is 15.1 Å². The summed E-state index contributed by atoms with van der Waals surface area (Å²) < 4.78 is 41.5. The average molecular weight is 265 g/mol. The van der Waals surface area contributed by atoms with Crippen molar-refractivity contribution in [2.75, 3.05) is 5.73 Å². The van der Waals surface area contributed by atoms with Crippen molar-refractivity contribution >= 4 is 17.6 Å². The molecular formula is C8H4ClF3N4O. The molecule has 0 fully saturated rings. The summed E-state index contributed by atoms with van der Waals surface area (Å²) in [7, 11) is 0. The van der Waals surface area contributed by atoms with Crippen LogP contribution in [-0.2, 0) is 6.18 Å². The molecule has 17 heavy (non-hydrogen) atoms. The topological polar surface area (TPSA) is 77.8 Å². The second kappa shape index (κ2) is 3.88. The van der Waals surface area contributed by atoms with E-state index in [-0.39, 0.29) is 22.6 Å². The summed E-state index contributed by atoms with van der Waals surface area (Å²) in [6.07, 6.45) is -3.88.